The van der Waals surface area contributed by atoms with Crippen LogP contribution in [0.25, 0.3) is 0 Å². The van der Waals surface area contributed by atoms with Gasteiger partial charge in [0.1, 0.15) is 24.8 Å². The van der Waals surface area contributed by atoms with Crippen molar-refractivity contribution in [1.82, 2.24) is 0 Å². The number of carbonyl (C=O) groups is 3. The second-order valence-corrected chi connectivity index (χ2v) is 13.7. The number of hydrogen-bond acceptors (Lipinski definition) is 9. The Balaban J connectivity index is 1.40. The van der Waals surface area contributed by atoms with E-state index in [4.69, 9.17) is 14.2 Å². The van der Waals surface area contributed by atoms with E-state index in [2.05, 4.69) is 16.0 Å². The van der Waals surface area contributed by atoms with E-state index in [-0.39, 0.29) is 49.0 Å². The first-order valence-corrected chi connectivity index (χ1v) is 16.6. The first-order chi connectivity index (χ1) is 23.4. The summed E-state index contributed by atoms with van der Waals surface area (Å²) in [6.07, 6.45) is 0.0985. The number of esters is 1. The second-order valence-electron chi connectivity index (χ2n) is 12.1. The zero-order valence-corrected chi connectivity index (χ0v) is 27.8. The van der Waals surface area contributed by atoms with Gasteiger partial charge in [0, 0.05) is 30.2 Å². The summed E-state index contributed by atoms with van der Waals surface area (Å²) in [6.45, 7) is 4.65. The molecule has 0 spiro atoms. The normalized spacial score (nSPS) is 19.8. The third kappa shape index (κ3) is 8.15. The van der Waals surface area contributed by atoms with Crippen molar-refractivity contribution in [3.63, 3.8) is 0 Å². The Hall–Kier alpha value is -4.78. The molecule has 0 saturated carbocycles. The van der Waals surface area contributed by atoms with Crippen molar-refractivity contribution in [3.8, 4) is 17.6 Å². The van der Waals surface area contributed by atoms with Gasteiger partial charge < -0.3 is 23.3 Å². The number of amides is 1. The zero-order valence-electron chi connectivity index (χ0n) is 27.0. The molecule has 2 heterocycles. The molecule has 2 aliphatic heterocycles. The molecule has 2 atom stereocenters. The summed E-state index contributed by atoms with van der Waals surface area (Å²) in [5, 5.41) is 0. The smallest absolute Gasteiger partial charge is 0.441 e. The number of benzene rings is 3. The Kier molecular flexibility index (Phi) is 10.1. The van der Waals surface area contributed by atoms with Gasteiger partial charge in [0.15, 0.2) is 11.6 Å². The number of rotatable bonds is 9. The molecule has 50 heavy (non-hydrogen) atoms. The Morgan fingerprint density at radius 1 is 0.960 bits per heavy atom. The third-order valence-electron chi connectivity index (χ3n) is 8.00. The van der Waals surface area contributed by atoms with Crippen LogP contribution < -0.4 is 9.08 Å². The lowest BCUT2D eigenvalue weighted by molar-refractivity contribution is -0.291. The van der Waals surface area contributed by atoms with Crippen LogP contribution in [0.2, 0.25) is 0 Å². The number of alkyl halides is 3. The van der Waals surface area contributed by atoms with Crippen molar-refractivity contribution >= 4 is 33.5 Å². The standard InChI is InChI=1S/C35H31F4NO9S/c1-22(41)48-34(20-46-33(2,3)47-21-34)19-18-23-4-6-25(7-5-23)31-29(16-17-30(42)24-8-10-26(36)11-9-24)32(43)40(31)27-12-14-28(15-13-27)49-50(44,45)35(37,38)39/h4-15,29,31H,16-17,20-21H2,1-3H3. The summed E-state index contributed by atoms with van der Waals surface area (Å²) in [4.78, 5) is 39.5. The minimum absolute atomic E-state index is 0.0197. The number of hydrogen-bond donors (Lipinski definition) is 0. The van der Waals surface area contributed by atoms with E-state index in [1.807, 2.05) is 0 Å². The van der Waals surface area contributed by atoms with Gasteiger partial charge in [-0.15, -0.1) is 0 Å². The Bertz CT molecular complexity index is 1920. The number of carbonyl (C=O) groups excluding carboxylic acids is 3. The van der Waals surface area contributed by atoms with Crippen LogP contribution in [0.15, 0.2) is 72.8 Å². The largest absolute Gasteiger partial charge is 0.534 e. The highest BCUT2D eigenvalue weighted by atomic mass is 32.2. The zero-order chi connectivity index (χ0) is 36.5. The van der Waals surface area contributed by atoms with Gasteiger partial charge in [-0.3, -0.25) is 14.4 Å². The fourth-order valence-corrected chi connectivity index (χ4v) is 5.91. The summed E-state index contributed by atoms with van der Waals surface area (Å²) in [6, 6.07) is 15.7. The van der Waals surface area contributed by atoms with E-state index in [0.717, 1.165) is 24.3 Å². The molecule has 0 radical (unpaired) electrons. The Labute approximate surface area is 285 Å². The summed E-state index contributed by atoms with van der Waals surface area (Å²) >= 11 is 0. The van der Waals surface area contributed by atoms with Crippen molar-refractivity contribution in [1.29, 1.82) is 0 Å². The van der Waals surface area contributed by atoms with Crippen LogP contribution in [0.3, 0.4) is 0 Å². The summed E-state index contributed by atoms with van der Waals surface area (Å²) in [5.74, 6) is 1.98. The molecule has 10 nitrogen and oxygen atoms in total. The van der Waals surface area contributed by atoms with Crippen LogP contribution in [0.1, 0.15) is 61.1 Å². The van der Waals surface area contributed by atoms with E-state index < -0.39 is 56.5 Å². The first-order valence-electron chi connectivity index (χ1n) is 15.2. The molecule has 0 N–H and O–H groups in total. The molecule has 2 aliphatic rings. The van der Waals surface area contributed by atoms with Crippen molar-refractivity contribution in [2.75, 3.05) is 18.1 Å². The highest BCUT2D eigenvalue weighted by molar-refractivity contribution is 7.88. The number of ether oxygens (including phenoxy) is 3. The number of nitrogens with zero attached hydrogens (tertiary/aromatic N) is 1. The monoisotopic (exact) mass is 717 g/mol. The summed E-state index contributed by atoms with van der Waals surface area (Å²) in [5.41, 5.74) is -5.29. The molecule has 2 unspecified atom stereocenters. The highest BCUT2D eigenvalue weighted by Crippen LogP contribution is 2.46. The fraction of sp³-hybridized carbons (Fsp3) is 0.343. The number of halogens is 4. The molecule has 0 aromatic heterocycles. The topological polar surface area (TPSA) is 126 Å². The minimum Gasteiger partial charge on any atom is -0.441 e. The van der Waals surface area contributed by atoms with Crippen LogP contribution in [-0.4, -0.2) is 56.2 Å². The lowest BCUT2D eigenvalue weighted by Gasteiger charge is -2.47. The molecule has 3 aromatic carbocycles. The molecule has 5 rings (SSSR count). The number of ketones is 1. The number of β-lactam (4-membered cyclic amide) rings is 1. The van der Waals surface area contributed by atoms with E-state index in [1.165, 1.54) is 36.1 Å². The van der Waals surface area contributed by atoms with E-state index in [1.54, 1.807) is 38.1 Å². The average molecular weight is 718 g/mol. The average Bonchev–Trinajstić information content (AvgIpc) is 3.04. The quantitative estimate of drug-likeness (QED) is 0.0509. The molecule has 2 saturated heterocycles. The number of anilines is 1. The highest BCUT2D eigenvalue weighted by Gasteiger charge is 2.50. The Morgan fingerprint density at radius 3 is 2.12 bits per heavy atom. The van der Waals surface area contributed by atoms with E-state index in [0.29, 0.717) is 11.1 Å². The molecule has 0 bridgehead atoms. The molecule has 264 valence electrons. The van der Waals surface area contributed by atoms with Gasteiger partial charge in [-0.05, 0) is 92.4 Å². The molecule has 0 aliphatic carbocycles. The lowest BCUT2D eigenvalue weighted by atomic mass is 9.78. The molecular formula is C35H31F4NO9S. The van der Waals surface area contributed by atoms with Crippen LogP contribution in [0.4, 0.5) is 23.2 Å². The predicted octanol–water partition coefficient (Wildman–Crippen LogP) is 5.86. The van der Waals surface area contributed by atoms with Gasteiger partial charge in [0.05, 0.1) is 12.0 Å². The van der Waals surface area contributed by atoms with Gasteiger partial charge in [-0.2, -0.15) is 21.6 Å². The molecule has 3 aromatic rings. The SMILES string of the molecule is CC(=O)OC1(C#Cc2ccc(C3C(CCC(=O)c4ccc(F)cc4)C(=O)N3c3ccc(OS(=O)(=O)C(F)(F)F)cc3)cc2)COC(C)(C)OC1. The van der Waals surface area contributed by atoms with Crippen molar-refractivity contribution < 1.29 is 58.8 Å². The summed E-state index contributed by atoms with van der Waals surface area (Å²) < 4.78 is 95.6. The van der Waals surface area contributed by atoms with Crippen LogP contribution in [-0.2, 0) is 33.9 Å². The van der Waals surface area contributed by atoms with Gasteiger partial charge >= 0.3 is 21.6 Å². The van der Waals surface area contributed by atoms with Gasteiger partial charge in [0.25, 0.3) is 0 Å². The third-order valence-corrected chi connectivity index (χ3v) is 8.98. The maximum absolute atomic E-state index is 13.5. The maximum atomic E-state index is 13.5. The van der Waals surface area contributed by atoms with Crippen molar-refractivity contribution in [3.05, 3.63) is 95.3 Å². The molecule has 15 heteroatoms. The van der Waals surface area contributed by atoms with Crippen molar-refractivity contribution in [2.24, 2.45) is 5.92 Å². The van der Waals surface area contributed by atoms with Crippen LogP contribution in [0, 0.1) is 23.6 Å². The van der Waals surface area contributed by atoms with E-state index >= 15 is 0 Å². The van der Waals surface area contributed by atoms with Gasteiger partial charge in [-0.25, -0.2) is 4.39 Å². The molecular weight excluding hydrogens is 686 g/mol. The minimum atomic E-state index is -5.90. The second kappa shape index (κ2) is 13.9. The Morgan fingerprint density at radius 2 is 1.56 bits per heavy atom. The first kappa shape index (κ1) is 36.5. The predicted molar refractivity (Wildman–Crippen MR) is 170 cm³/mol. The lowest BCUT2D eigenvalue weighted by Crippen LogP contribution is -2.55. The molecule has 2 fully saturated rings. The molecule has 1 amide bonds. The van der Waals surface area contributed by atoms with Crippen LogP contribution in [0.5, 0.6) is 5.75 Å². The van der Waals surface area contributed by atoms with E-state index in [9.17, 15) is 40.4 Å². The maximum Gasteiger partial charge on any atom is 0.534 e. The van der Waals surface area contributed by atoms with Gasteiger partial charge in [-0.1, -0.05) is 18.1 Å². The van der Waals surface area contributed by atoms with Gasteiger partial charge in [0.2, 0.25) is 11.5 Å². The van der Waals surface area contributed by atoms with Crippen LogP contribution >= 0.6 is 0 Å². The number of Topliss-reactive ketones (excluding diaryl/α,β-unsaturated/α-hetero) is 1. The summed E-state index contributed by atoms with van der Waals surface area (Å²) in [7, 11) is -5.90. The fourth-order valence-electron chi connectivity index (χ4n) is 5.45. The van der Waals surface area contributed by atoms with Crippen molar-refractivity contribution in [2.45, 2.75) is 56.6 Å².